The summed E-state index contributed by atoms with van der Waals surface area (Å²) in [5, 5.41) is 0. The van der Waals surface area contributed by atoms with E-state index in [1.54, 1.807) is 0 Å². The van der Waals surface area contributed by atoms with Crippen LogP contribution in [0.4, 0.5) is 0 Å². The van der Waals surface area contributed by atoms with E-state index >= 15 is 0 Å². The molecule has 0 aromatic heterocycles. The number of rotatable bonds is 10. The number of hydrogen-bond acceptors (Lipinski definition) is 1. The Hall–Kier alpha value is 0.350. The van der Waals surface area contributed by atoms with Gasteiger partial charge in [-0.1, -0.05) is 72.1 Å². The highest BCUT2D eigenvalue weighted by Crippen LogP contribution is 2.25. The minimum absolute atomic E-state index is 0.450. The molecule has 0 aromatic carbocycles. The average Bonchev–Trinajstić information content (AvgIpc) is 2.22. The van der Waals surface area contributed by atoms with Crippen molar-refractivity contribution in [3.05, 3.63) is 0 Å². The van der Waals surface area contributed by atoms with Crippen LogP contribution in [0.2, 0.25) is 0 Å². The van der Waals surface area contributed by atoms with Crippen LogP contribution in [0, 0.1) is 5.41 Å². The fraction of sp³-hybridized carbons (Fsp3) is 1.00. The van der Waals surface area contributed by atoms with Gasteiger partial charge in [-0.25, -0.2) is 0 Å². The van der Waals surface area contributed by atoms with Gasteiger partial charge >= 0.3 is 0 Å². The molecule has 0 saturated carbocycles. The molecule has 0 radical (unpaired) electrons. The predicted octanol–water partition coefficient (Wildman–Crippen LogP) is 5.47. The van der Waals surface area contributed by atoms with Crippen molar-refractivity contribution >= 4 is 12.6 Å². The molecular formula is C14H30S. The first-order valence-electron chi connectivity index (χ1n) is 6.73. The highest BCUT2D eigenvalue weighted by atomic mass is 32.1. The van der Waals surface area contributed by atoms with Crippen LogP contribution in [-0.2, 0) is 0 Å². The van der Waals surface area contributed by atoms with Gasteiger partial charge in [0.05, 0.1) is 0 Å². The van der Waals surface area contributed by atoms with Crippen LogP contribution in [-0.4, -0.2) is 5.75 Å². The molecule has 0 saturated heterocycles. The largest absolute Gasteiger partial charge is 0.179 e. The van der Waals surface area contributed by atoms with Crippen molar-refractivity contribution in [2.75, 3.05) is 5.75 Å². The maximum atomic E-state index is 4.38. The van der Waals surface area contributed by atoms with Gasteiger partial charge in [0, 0.05) is 0 Å². The minimum Gasteiger partial charge on any atom is -0.179 e. The summed E-state index contributed by atoms with van der Waals surface area (Å²) in [6.45, 7) is 6.92. The molecule has 0 bridgehead atoms. The molecule has 0 fully saturated rings. The second-order valence-electron chi connectivity index (χ2n) is 5.55. The van der Waals surface area contributed by atoms with Crippen molar-refractivity contribution in [3.8, 4) is 0 Å². The molecule has 92 valence electrons. The molecule has 0 unspecified atom stereocenters. The average molecular weight is 230 g/mol. The zero-order valence-electron chi connectivity index (χ0n) is 11.0. The highest BCUT2D eigenvalue weighted by molar-refractivity contribution is 7.80. The first-order valence-corrected chi connectivity index (χ1v) is 7.36. The van der Waals surface area contributed by atoms with Crippen molar-refractivity contribution in [3.63, 3.8) is 0 Å². The fourth-order valence-corrected chi connectivity index (χ4v) is 1.97. The van der Waals surface area contributed by atoms with Crippen molar-refractivity contribution < 1.29 is 0 Å². The first kappa shape index (κ1) is 15.3. The lowest BCUT2D eigenvalue weighted by molar-refractivity contribution is 0.365. The molecule has 15 heavy (non-hydrogen) atoms. The van der Waals surface area contributed by atoms with Gasteiger partial charge < -0.3 is 0 Å². The highest BCUT2D eigenvalue weighted by Gasteiger charge is 2.14. The van der Waals surface area contributed by atoms with E-state index in [0.29, 0.717) is 5.41 Å². The molecule has 0 aliphatic heterocycles. The molecule has 0 atom stereocenters. The SMILES string of the molecule is CCCCCCCCCCC(C)(C)CS. The quantitative estimate of drug-likeness (QED) is 0.373. The van der Waals surface area contributed by atoms with Gasteiger partial charge in [-0.05, 0) is 17.6 Å². The summed E-state index contributed by atoms with van der Waals surface area (Å²) in [7, 11) is 0. The number of hydrogen-bond donors (Lipinski definition) is 1. The van der Waals surface area contributed by atoms with Crippen LogP contribution in [0.25, 0.3) is 0 Å². The third-order valence-electron chi connectivity index (χ3n) is 3.14. The lowest BCUT2D eigenvalue weighted by atomic mass is 9.89. The molecule has 0 aromatic rings. The fourth-order valence-electron chi connectivity index (χ4n) is 1.82. The Morgan fingerprint density at radius 1 is 0.800 bits per heavy atom. The Morgan fingerprint density at radius 2 is 1.27 bits per heavy atom. The summed E-state index contributed by atoms with van der Waals surface area (Å²) in [5.74, 6) is 1.02. The van der Waals surface area contributed by atoms with Gasteiger partial charge in [0.1, 0.15) is 0 Å². The Balaban J connectivity index is 3.11. The molecule has 0 aliphatic rings. The third kappa shape index (κ3) is 10.6. The normalized spacial score (nSPS) is 12.0. The summed E-state index contributed by atoms with van der Waals surface area (Å²) in [4.78, 5) is 0. The third-order valence-corrected chi connectivity index (χ3v) is 3.99. The summed E-state index contributed by atoms with van der Waals surface area (Å²) in [6, 6.07) is 0. The molecule has 0 aliphatic carbocycles. The number of unbranched alkanes of at least 4 members (excludes halogenated alkanes) is 7. The van der Waals surface area contributed by atoms with Crippen molar-refractivity contribution in [1.29, 1.82) is 0 Å². The molecule has 0 N–H and O–H groups in total. The maximum Gasteiger partial charge on any atom is -0.00464 e. The van der Waals surface area contributed by atoms with Crippen LogP contribution >= 0.6 is 12.6 Å². The van der Waals surface area contributed by atoms with Gasteiger partial charge in [-0.15, -0.1) is 0 Å². The van der Waals surface area contributed by atoms with Gasteiger partial charge in [0.25, 0.3) is 0 Å². The zero-order valence-corrected chi connectivity index (χ0v) is 11.9. The van der Waals surface area contributed by atoms with Crippen molar-refractivity contribution in [1.82, 2.24) is 0 Å². The zero-order chi connectivity index (χ0) is 11.6. The van der Waals surface area contributed by atoms with Crippen LogP contribution in [0.5, 0.6) is 0 Å². The molecule has 0 rings (SSSR count). The molecule has 0 heterocycles. The lowest BCUT2D eigenvalue weighted by Gasteiger charge is -2.21. The smallest absolute Gasteiger partial charge is 0.00464 e. The van der Waals surface area contributed by atoms with Crippen LogP contribution in [0.1, 0.15) is 78.6 Å². The summed E-state index contributed by atoms with van der Waals surface area (Å²) in [6.07, 6.45) is 12.7. The monoisotopic (exact) mass is 230 g/mol. The molecule has 0 nitrogen and oxygen atoms in total. The Bertz CT molecular complexity index is 129. The van der Waals surface area contributed by atoms with E-state index in [9.17, 15) is 0 Å². The van der Waals surface area contributed by atoms with E-state index in [0.717, 1.165) is 5.75 Å². The van der Waals surface area contributed by atoms with Gasteiger partial charge in [0.15, 0.2) is 0 Å². The van der Waals surface area contributed by atoms with Crippen LogP contribution in [0.3, 0.4) is 0 Å². The summed E-state index contributed by atoms with van der Waals surface area (Å²) in [5.41, 5.74) is 0.450. The first-order chi connectivity index (χ1) is 7.12. The van der Waals surface area contributed by atoms with E-state index in [2.05, 4.69) is 33.4 Å². The maximum absolute atomic E-state index is 4.38. The van der Waals surface area contributed by atoms with Gasteiger partial charge in [0.2, 0.25) is 0 Å². The van der Waals surface area contributed by atoms with Crippen molar-refractivity contribution in [2.24, 2.45) is 5.41 Å². The summed E-state index contributed by atoms with van der Waals surface area (Å²) >= 11 is 4.38. The van der Waals surface area contributed by atoms with E-state index in [-0.39, 0.29) is 0 Å². The van der Waals surface area contributed by atoms with Crippen molar-refractivity contribution in [2.45, 2.75) is 78.6 Å². The predicted molar refractivity (Wildman–Crippen MR) is 74.9 cm³/mol. The van der Waals surface area contributed by atoms with E-state index < -0.39 is 0 Å². The second-order valence-corrected chi connectivity index (χ2v) is 5.86. The summed E-state index contributed by atoms with van der Waals surface area (Å²) < 4.78 is 0. The Kier molecular flexibility index (Phi) is 9.79. The number of thiol groups is 1. The Labute approximate surface area is 103 Å². The molecule has 0 amide bonds. The standard InChI is InChI=1S/C14H30S/c1-4-5-6-7-8-9-10-11-12-14(2,3)13-15/h15H,4-13H2,1-3H3. The lowest BCUT2D eigenvalue weighted by Crippen LogP contribution is -2.12. The Morgan fingerprint density at radius 3 is 1.73 bits per heavy atom. The van der Waals surface area contributed by atoms with E-state index in [1.807, 2.05) is 0 Å². The van der Waals surface area contributed by atoms with Gasteiger partial charge in [-0.3, -0.25) is 0 Å². The molecule has 0 spiro atoms. The van der Waals surface area contributed by atoms with Crippen LogP contribution in [0.15, 0.2) is 0 Å². The second kappa shape index (κ2) is 9.57. The topological polar surface area (TPSA) is 0 Å². The van der Waals surface area contributed by atoms with Gasteiger partial charge in [-0.2, -0.15) is 12.6 Å². The molecule has 1 heteroatoms. The minimum atomic E-state index is 0.450. The van der Waals surface area contributed by atoms with Crippen LogP contribution < -0.4 is 0 Å². The van der Waals surface area contributed by atoms with E-state index in [1.165, 1.54) is 57.8 Å². The molecular weight excluding hydrogens is 200 g/mol. The van der Waals surface area contributed by atoms with E-state index in [4.69, 9.17) is 0 Å².